The number of ether oxygens (including phenoxy) is 2. The predicted molar refractivity (Wildman–Crippen MR) is 108 cm³/mol. The Bertz CT molecular complexity index is 599. The van der Waals surface area contributed by atoms with E-state index < -0.39 is 6.04 Å². The second-order valence-corrected chi connectivity index (χ2v) is 8.70. The first-order chi connectivity index (χ1) is 12.5. The zero-order valence-corrected chi connectivity index (χ0v) is 17.8. The average Bonchev–Trinajstić information content (AvgIpc) is 2.86. The van der Waals surface area contributed by atoms with Gasteiger partial charge in [-0.15, -0.1) is 0 Å². The fourth-order valence-electron chi connectivity index (χ4n) is 2.44. The summed E-state index contributed by atoms with van der Waals surface area (Å²) in [5.74, 6) is 0.440. The van der Waals surface area contributed by atoms with Gasteiger partial charge in [0, 0.05) is 0 Å². The van der Waals surface area contributed by atoms with Crippen LogP contribution in [0.4, 0.5) is 0 Å². The molecule has 1 saturated heterocycles. The summed E-state index contributed by atoms with van der Waals surface area (Å²) in [6.07, 6.45) is -0.281. The number of carbonyl (C=O) groups excluding carboxylic acids is 2. The molecular formula is C22H35NO4. The van der Waals surface area contributed by atoms with E-state index in [2.05, 4.69) is 59.0 Å². The second-order valence-electron chi connectivity index (χ2n) is 8.70. The number of hydrogen-bond acceptors (Lipinski definition) is 4. The van der Waals surface area contributed by atoms with Gasteiger partial charge in [0.1, 0.15) is 19.3 Å². The van der Waals surface area contributed by atoms with Gasteiger partial charge in [0.15, 0.2) is 5.78 Å². The molecule has 1 unspecified atom stereocenters. The van der Waals surface area contributed by atoms with E-state index in [4.69, 9.17) is 9.47 Å². The van der Waals surface area contributed by atoms with Crippen molar-refractivity contribution < 1.29 is 19.1 Å². The summed E-state index contributed by atoms with van der Waals surface area (Å²) in [5, 5.41) is 2.66. The lowest BCUT2D eigenvalue weighted by atomic mass is 9.87. The van der Waals surface area contributed by atoms with Crippen molar-refractivity contribution in [1.82, 2.24) is 5.32 Å². The van der Waals surface area contributed by atoms with Gasteiger partial charge in [0.2, 0.25) is 5.91 Å². The van der Waals surface area contributed by atoms with E-state index in [1.54, 1.807) is 6.92 Å². The van der Waals surface area contributed by atoms with Crippen LogP contribution in [0.3, 0.4) is 0 Å². The van der Waals surface area contributed by atoms with Crippen LogP contribution in [0.5, 0.6) is 0 Å². The first kappa shape index (κ1) is 23.3. The van der Waals surface area contributed by atoms with Crippen molar-refractivity contribution in [3.05, 3.63) is 35.4 Å². The third kappa shape index (κ3) is 8.67. The van der Waals surface area contributed by atoms with Gasteiger partial charge in [-0.05, 0) is 29.4 Å². The van der Waals surface area contributed by atoms with Gasteiger partial charge in [-0.3, -0.25) is 9.59 Å². The Labute approximate surface area is 163 Å². The average molecular weight is 378 g/mol. The third-order valence-electron chi connectivity index (χ3n) is 3.94. The van der Waals surface area contributed by atoms with Crippen molar-refractivity contribution in [2.24, 2.45) is 5.92 Å². The Morgan fingerprint density at radius 2 is 1.78 bits per heavy atom. The van der Waals surface area contributed by atoms with E-state index in [1.807, 2.05) is 12.1 Å². The van der Waals surface area contributed by atoms with E-state index >= 15 is 0 Å². The SMILES string of the molecule is CC(C)C.C[C@H]1OCC(=O)C1NC(=O)COCc1ccc(C(C)(C)C)cc1. The zero-order valence-electron chi connectivity index (χ0n) is 17.8. The van der Waals surface area contributed by atoms with Crippen molar-refractivity contribution in [2.45, 2.75) is 72.6 Å². The Hall–Kier alpha value is -1.72. The summed E-state index contributed by atoms with van der Waals surface area (Å²) < 4.78 is 10.6. The van der Waals surface area contributed by atoms with Crippen molar-refractivity contribution in [1.29, 1.82) is 0 Å². The van der Waals surface area contributed by atoms with Crippen molar-refractivity contribution >= 4 is 11.7 Å². The van der Waals surface area contributed by atoms with Crippen LogP contribution in [0.15, 0.2) is 24.3 Å². The minimum Gasteiger partial charge on any atom is -0.368 e. The van der Waals surface area contributed by atoms with E-state index in [9.17, 15) is 9.59 Å². The smallest absolute Gasteiger partial charge is 0.246 e. The molecule has 1 aliphatic rings. The maximum atomic E-state index is 11.8. The van der Waals surface area contributed by atoms with E-state index in [0.29, 0.717) is 6.61 Å². The molecule has 0 saturated carbocycles. The van der Waals surface area contributed by atoms with Gasteiger partial charge >= 0.3 is 0 Å². The van der Waals surface area contributed by atoms with Gasteiger partial charge in [-0.2, -0.15) is 0 Å². The quantitative estimate of drug-likeness (QED) is 0.851. The highest BCUT2D eigenvalue weighted by Gasteiger charge is 2.33. The topological polar surface area (TPSA) is 64.6 Å². The van der Waals surface area contributed by atoms with Gasteiger partial charge in [-0.1, -0.05) is 65.8 Å². The van der Waals surface area contributed by atoms with E-state index in [-0.39, 0.29) is 36.4 Å². The molecule has 0 bridgehead atoms. The Morgan fingerprint density at radius 3 is 2.22 bits per heavy atom. The number of carbonyl (C=O) groups is 2. The molecule has 0 radical (unpaired) electrons. The Kier molecular flexibility index (Phi) is 9.13. The first-order valence-electron chi connectivity index (χ1n) is 9.61. The monoisotopic (exact) mass is 377 g/mol. The first-order valence-corrected chi connectivity index (χ1v) is 9.61. The molecule has 1 aliphatic heterocycles. The highest BCUT2D eigenvalue weighted by molar-refractivity contribution is 5.92. The van der Waals surface area contributed by atoms with Crippen LogP contribution < -0.4 is 5.32 Å². The van der Waals surface area contributed by atoms with Gasteiger partial charge in [-0.25, -0.2) is 0 Å². The van der Waals surface area contributed by atoms with Gasteiger partial charge < -0.3 is 14.8 Å². The third-order valence-corrected chi connectivity index (χ3v) is 3.94. The molecule has 2 atom stereocenters. The van der Waals surface area contributed by atoms with Crippen LogP contribution in [0.25, 0.3) is 0 Å². The summed E-state index contributed by atoms with van der Waals surface area (Å²) in [6.45, 7) is 15.1. The number of ketones is 1. The number of rotatable bonds is 5. The minimum absolute atomic E-state index is 0.0626. The van der Waals surface area contributed by atoms with Crippen molar-refractivity contribution in [3.8, 4) is 0 Å². The summed E-state index contributed by atoms with van der Waals surface area (Å²) >= 11 is 0. The fourth-order valence-corrected chi connectivity index (χ4v) is 2.44. The number of Topliss-reactive ketones (excluding diaryl/α,β-unsaturated/α-hetero) is 1. The van der Waals surface area contributed by atoms with Crippen LogP contribution in [0.2, 0.25) is 0 Å². The number of hydrogen-bond donors (Lipinski definition) is 1. The molecule has 5 heteroatoms. The number of amides is 1. The van der Waals surface area contributed by atoms with Crippen LogP contribution in [0.1, 0.15) is 59.6 Å². The lowest BCUT2D eigenvalue weighted by Crippen LogP contribution is -2.45. The normalized spacial score (nSPS) is 19.6. The molecule has 0 aromatic heterocycles. The van der Waals surface area contributed by atoms with E-state index in [1.165, 1.54) is 5.56 Å². The second kappa shape index (κ2) is 10.6. The minimum atomic E-state index is -0.558. The predicted octanol–water partition coefficient (Wildman–Crippen LogP) is 3.64. The highest BCUT2D eigenvalue weighted by atomic mass is 16.5. The van der Waals surface area contributed by atoms with Crippen LogP contribution >= 0.6 is 0 Å². The standard InChI is InChI=1S/C18H25NO4.C4H10/c1-12-17(15(20)10-23-12)19-16(21)11-22-9-13-5-7-14(8-6-13)18(2,3)4;1-4(2)3/h5-8,12,17H,9-11H2,1-4H3,(H,19,21);4H,1-3H3/t12-,17?;/m1./s1. The summed E-state index contributed by atoms with van der Waals surface area (Å²) in [7, 11) is 0. The van der Waals surface area contributed by atoms with E-state index in [0.717, 1.165) is 11.5 Å². The molecule has 1 amide bonds. The lowest BCUT2D eigenvalue weighted by Gasteiger charge is -2.19. The van der Waals surface area contributed by atoms with Crippen LogP contribution in [0, 0.1) is 5.92 Å². The highest BCUT2D eigenvalue weighted by Crippen LogP contribution is 2.22. The van der Waals surface area contributed by atoms with Crippen molar-refractivity contribution in [2.75, 3.05) is 13.2 Å². The Balaban J connectivity index is 0.000000828. The van der Waals surface area contributed by atoms with Crippen molar-refractivity contribution in [3.63, 3.8) is 0 Å². The summed E-state index contributed by atoms with van der Waals surface area (Å²) in [6, 6.07) is 7.62. The fraction of sp³-hybridized carbons (Fsp3) is 0.636. The molecule has 1 N–H and O–H groups in total. The molecule has 0 spiro atoms. The lowest BCUT2D eigenvalue weighted by molar-refractivity contribution is -0.129. The summed E-state index contributed by atoms with van der Waals surface area (Å²) in [4.78, 5) is 23.4. The molecule has 1 aromatic carbocycles. The molecular weight excluding hydrogens is 342 g/mol. The molecule has 1 aromatic rings. The molecule has 2 rings (SSSR count). The molecule has 152 valence electrons. The largest absolute Gasteiger partial charge is 0.368 e. The maximum Gasteiger partial charge on any atom is 0.246 e. The number of benzene rings is 1. The van der Waals surface area contributed by atoms with Crippen LogP contribution in [-0.4, -0.2) is 37.0 Å². The van der Waals surface area contributed by atoms with Crippen LogP contribution in [-0.2, 0) is 31.1 Å². The molecule has 0 aliphatic carbocycles. The zero-order chi connectivity index (χ0) is 20.6. The molecule has 1 heterocycles. The number of nitrogens with one attached hydrogen (secondary N) is 1. The summed E-state index contributed by atoms with van der Waals surface area (Å²) in [5.41, 5.74) is 2.39. The Morgan fingerprint density at radius 1 is 1.22 bits per heavy atom. The molecule has 27 heavy (non-hydrogen) atoms. The van der Waals surface area contributed by atoms with Gasteiger partial charge in [0.25, 0.3) is 0 Å². The molecule has 5 nitrogen and oxygen atoms in total. The maximum absolute atomic E-state index is 11.8. The van der Waals surface area contributed by atoms with Gasteiger partial charge in [0.05, 0.1) is 12.7 Å². The molecule has 1 fully saturated rings.